The third kappa shape index (κ3) is 4.31. The first-order chi connectivity index (χ1) is 8.86. The van der Waals surface area contributed by atoms with E-state index in [1.54, 1.807) is 0 Å². The SMILES string of the molecule is CC(NCCCOc1ccccc1)C1CCCO1. The van der Waals surface area contributed by atoms with Crippen molar-refractivity contribution >= 4 is 0 Å². The van der Waals surface area contributed by atoms with E-state index in [1.165, 1.54) is 12.8 Å². The number of rotatable bonds is 7. The van der Waals surface area contributed by atoms with E-state index in [2.05, 4.69) is 12.2 Å². The molecule has 1 aromatic carbocycles. The van der Waals surface area contributed by atoms with E-state index < -0.39 is 0 Å². The molecular formula is C15H23NO2. The molecule has 3 nitrogen and oxygen atoms in total. The third-order valence-corrected chi connectivity index (χ3v) is 3.32. The van der Waals surface area contributed by atoms with E-state index in [1.807, 2.05) is 30.3 Å². The van der Waals surface area contributed by atoms with Gasteiger partial charge in [0.1, 0.15) is 5.75 Å². The molecule has 1 fully saturated rings. The molecule has 2 unspecified atom stereocenters. The van der Waals surface area contributed by atoms with Crippen LogP contribution in [0.1, 0.15) is 26.2 Å². The Morgan fingerprint density at radius 2 is 2.22 bits per heavy atom. The zero-order chi connectivity index (χ0) is 12.6. The van der Waals surface area contributed by atoms with Crippen molar-refractivity contribution in [2.24, 2.45) is 0 Å². The summed E-state index contributed by atoms with van der Waals surface area (Å²) < 4.78 is 11.3. The molecular weight excluding hydrogens is 226 g/mol. The summed E-state index contributed by atoms with van der Waals surface area (Å²) in [5, 5.41) is 3.51. The fraction of sp³-hybridized carbons (Fsp3) is 0.600. The van der Waals surface area contributed by atoms with Gasteiger partial charge in [-0.3, -0.25) is 0 Å². The standard InChI is InChI=1S/C15H23NO2/c1-13(15-9-5-11-18-15)16-10-6-12-17-14-7-3-2-4-8-14/h2-4,7-8,13,15-16H,5-6,9-12H2,1H3. The van der Waals surface area contributed by atoms with Gasteiger partial charge in [0.2, 0.25) is 0 Å². The Kier molecular flexibility index (Phi) is 5.49. The number of ether oxygens (including phenoxy) is 2. The summed E-state index contributed by atoms with van der Waals surface area (Å²) in [6, 6.07) is 10.4. The maximum absolute atomic E-state index is 5.65. The highest BCUT2D eigenvalue weighted by Crippen LogP contribution is 2.15. The zero-order valence-electron chi connectivity index (χ0n) is 11.1. The highest BCUT2D eigenvalue weighted by atomic mass is 16.5. The summed E-state index contributed by atoms with van der Waals surface area (Å²) >= 11 is 0. The lowest BCUT2D eigenvalue weighted by Crippen LogP contribution is -2.37. The zero-order valence-corrected chi connectivity index (χ0v) is 11.1. The summed E-state index contributed by atoms with van der Waals surface area (Å²) in [6.45, 7) is 4.87. The molecule has 1 saturated heterocycles. The predicted octanol–water partition coefficient (Wildman–Crippen LogP) is 2.61. The van der Waals surface area contributed by atoms with Gasteiger partial charge in [0.15, 0.2) is 0 Å². The molecule has 0 spiro atoms. The summed E-state index contributed by atoms with van der Waals surface area (Å²) in [5.74, 6) is 0.949. The van der Waals surface area contributed by atoms with Crippen LogP contribution in [-0.4, -0.2) is 31.9 Å². The summed E-state index contributed by atoms with van der Waals surface area (Å²) in [6.07, 6.45) is 3.81. The lowest BCUT2D eigenvalue weighted by molar-refractivity contribution is 0.0833. The molecule has 1 aliphatic heterocycles. The summed E-state index contributed by atoms with van der Waals surface area (Å²) in [5.41, 5.74) is 0. The molecule has 0 amide bonds. The molecule has 0 bridgehead atoms. The maximum atomic E-state index is 5.65. The van der Waals surface area contributed by atoms with Gasteiger partial charge in [-0.2, -0.15) is 0 Å². The number of benzene rings is 1. The van der Waals surface area contributed by atoms with E-state index >= 15 is 0 Å². The molecule has 1 aliphatic rings. The van der Waals surface area contributed by atoms with Crippen LogP contribution >= 0.6 is 0 Å². The summed E-state index contributed by atoms with van der Waals surface area (Å²) in [7, 11) is 0. The maximum Gasteiger partial charge on any atom is 0.119 e. The molecule has 0 saturated carbocycles. The molecule has 3 heteroatoms. The number of hydrogen-bond acceptors (Lipinski definition) is 3. The molecule has 1 heterocycles. The first-order valence-electron chi connectivity index (χ1n) is 6.89. The van der Waals surface area contributed by atoms with Crippen molar-refractivity contribution in [2.75, 3.05) is 19.8 Å². The second kappa shape index (κ2) is 7.39. The molecule has 0 aliphatic carbocycles. The molecule has 1 aromatic rings. The van der Waals surface area contributed by atoms with E-state index in [4.69, 9.17) is 9.47 Å². The lowest BCUT2D eigenvalue weighted by atomic mass is 10.1. The molecule has 18 heavy (non-hydrogen) atoms. The molecule has 1 N–H and O–H groups in total. The predicted molar refractivity (Wildman–Crippen MR) is 73.0 cm³/mol. The fourth-order valence-electron chi connectivity index (χ4n) is 2.24. The van der Waals surface area contributed by atoms with Gasteiger partial charge < -0.3 is 14.8 Å². The lowest BCUT2D eigenvalue weighted by Gasteiger charge is -2.19. The van der Waals surface area contributed by atoms with Crippen molar-refractivity contribution in [1.29, 1.82) is 0 Å². The second-order valence-corrected chi connectivity index (χ2v) is 4.81. The largest absolute Gasteiger partial charge is 0.494 e. The van der Waals surface area contributed by atoms with Crippen LogP contribution in [0.5, 0.6) is 5.75 Å². The van der Waals surface area contributed by atoms with Crippen LogP contribution in [0.4, 0.5) is 0 Å². The first-order valence-corrected chi connectivity index (χ1v) is 6.89. The fourth-order valence-corrected chi connectivity index (χ4v) is 2.24. The summed E-state index contributed by atoms with van der Waals surface area (Å²) in [4.78, 5) is 0. The van der Waals surface area contributed by atoms with Crippen molar-refractivity contribution in [1.82, 2.24) is 5.32 Å². The number of para-hydroxylation sites is 1. The van der Waals surface area contributed by atoms with Gasteiger partial charge in [-0.1, -0.05) is 18.2 Å². The first kappa shape index (κ1) is 13.4. The number of nitrogens with one attached hydrogen (secondary N) is 1. The Bertz CT molecular complexity index is 323. The topological polar surface area (TPSA) is 30.5 Å². The van der Waals surface area contributed by atoms with Crippen molar-refractivity contribution in [3.63, 3.8) is 0 Å². The van der Waals surface area contributed by atoms with Gasteiger partial charge in [-0.05, 0) is 44.9 Å². The molecule has 2 atom stereocenters. The Balaban J connectivity index is 1.53. The van der Waals surface area contributed by atoms with Gasteiger partial charge in [0.25, 0.3) is 0 Å². The minimum atomic E-state index is 0.403. The molecule has 0 radical (unpaired) electrons. The quantitative estimate of drug-likeness (QED) is 0.754. The minimum Gasteiger partial charge on any atom is -0.494 e. The van der Waals surface area contributed by atoms with E-state index in [9.17, 15) is 0 Å². The van der Waals surface area contributed by atoms with Crippen molar-refractivity contribution < 1.29 is 9.47 Å². The molecule has 0 aromatic heterocycles. The Hall–Kier alpha value is -1.06. The third-order valence-electron chi connectivity index (χ3n) is 3.32. The molecule has 2 rings (SSSR count). The van der Waals surface area contributed by atoms with Crippen LogP contribution in [0.25, 0.3) is 0 Å². The van der Waals surface area contributed by atoms with Crippen molar-refractivity contribution in [3.8, 4) is 5.75 Å². The van der Waals surface area contributed by atoms with Gasteiger partial charge >= 0.3 is 0 Å². The molecule has 100 valence electrons. The Labute approximate surface area is 109 Å². The van der Waals surface area contributed by atoms with Crippen molar-refractivity contribution in [2.45, 2.75) is 38.3 Å². The second-order valence-electron chi connectivity index (χ2n) is 4.81. The highest BCUT2D eigenvalue weighted by molar-refractivity contribution is 5.20. The van der Waals surface area contributed by atoms with Gasteiger partial charge in [-0.25, -0.2) is 0 Å². The van der Waals surface area contributed by atoms with Crippen LogP contribution < -0.4 is 10.1 Å². The van der Waals surface area contributed by atoms with Crippen LogP contribution in [0.2, 0.25) is 0 Å². The van der Waals surface area contributed by atoms with E-state index in [-0.39, 0.29) is 0 Å². The van der Waals surface area contributed by atoms with Crippen LogP contribution in [-0.2, 0) is 4.74 Å². The Morgan fingerprint density at radius 3 is 2.94 bits per heavy atom. The van der Waals surface area contributed by atoms with Gasteiger partial charge in [0.05, 0.1) is 12.7 Å². The smallest absolute Gasteiger partial charge is 0.119 e. The highest BCUT2D eigenvalue weighted by Gasteiger charge is 2.21. The van der Waals surface area contributed by atoms with Crippen LogP contribution in [0.15, 0.2) is 30.3 Å². The normalized spacial score (nSPS) is 20.8. The average molecular weight is 249 g/mol. The van der Waals surface area contributed by atoms with Crippen molar-refractivity contribution in [3.05, 3.63) is 30.3 Å². The average Bonchev–Trinajstić information content (AvgIpc) is 2.93. The van der Waals surface area contributed by atoms with Gasteiger partial charge in [-0.15, -0.1) is 0 Å². The van der Waals surface area contributed by atoms with E-state index in [0.717, 1.165) is 31.9 Å². The Morgan fingerprint density at radius 1 is 1.39 bits per heavy atom. The van der Waals surface area contributed by atoms with Crippen LogP contribution in [0.3, 0.4) is 0 Å². The van der Waals surface area contributed by atoms with E-state index in [0.29, 0.717) is 12.1 Å². The van der Waals surface area contributed by atoms with Crippen LogP contribution in [0, 0.1) is 0 Å². The number of hydrogen-bond donors (Lipinski definition) is 1. The monoisotopic (exact) mass is 249 g/mol. The minimum absolute atomic E-state index is 0.403. The van der Waals surface area contributed by atoms with Gasteiger partial charge in [0, 0.05) is 12.6 Å².